The van der Waals surface area contributed by atoms with Crippen LogP contribution >= 0.6 is 15.9 Å². The number of amides is 2. The Morgan fingerprint density at radius 1 is 1.03 bits per heavy atom. The monoisotopic (exact) mass is 550 g/mol. The Morgan fingerprint density at radius 2 is 1.68 bits per heavy atom. The Bertz CT molecular complexity index is 1130. The summed E-state index contributed by atoms with van der Waals surface area (Å²) in [5.41, 5.74) is 1.05. The topological polar surface area (TPSA) is 99.3 Å². The Labute approximate surface area is 207 Å². The molecule has 0 spiro atoms. The molecule has 2 amide bonds. The number of methoxy groups -OCH3 is 1. The molecule has 1 atom stereocenters. The zero-order valence-electron chi connectivity index (χ0n) is 18.8. The van der Waals surface area contributed by atoms with Crippen LogP contribution in [0.5, 0.6) is 5.75 Å². The Morgan fingerprint density at radius 3 is 2.29 bits per heavy atom. The van der Waals surface area contributed by atoms with Crippen LogP contribution in [-0.4, -0.2) is 81.9 Å². The highest BCUT2D eigenvalue weighted by molar-refractivity contribution is 9.10. The molecule has 2 heterocycles. The third kappa shape index (κ3) is 5.21. The van der Waals surface area contributed by atoms with Gasteiger partial charge in [0.1, 0.15) is 11.8 Å². The van der Waals surface area contributed by atoms with E-state index in [4.69, 9.17) is 4.74 Å². The number of anilines is 1. The second-order valence-corrected chi connectivity index (χ2v) is 11.0. The van der Waals surface area contributed by atoms with Crippen molar-refractivity contribution in [3.63, 3.8) is 0 Å². The number of nitrogens with one attached hydrogen (secondary N) is 1. The van der Waals surface area contributed by atoms with Gasteiger partial charge in [-0.05, 0) is 48.5 Å². The zero-order valence-corrected chi connectivity index (χ0v) is 21.2. The number of halogens is 1. The van der Waals surface area contributed by atoms with Gasteiger partial charge in [-0.3, -0.25) is 9.59 Å². The number of carbonyl (C=O) groups excluding carboxylic acids is 2. The van der Waals surface area contributed by atoms with Crippen molar-refractivity contribution in [1.29, 1.82) is 0 Å². The number of sulfonamides is 1. The first-order valence-electron chi connectivity index (χ1n) is 11.0. The highest BCUT2D eigenvalue weighted by Gasteiger charge is 2.40. The van der Waals surface area contributed by atoms with Crippen molar-refractivity contribution < 1.29 is 22.7 Å². The minimum atomic E-state index is -3.93. The van der Waals surface area contributed by atoms with Crippen LogP contribution in [0, 0.1) is 0 Å². The summed E-state index contributed by atoms with van der Waals surface area (Å²) in [4.78, 5) is 29.7. The van der Waals surface area contributed by atoms with E-state index >= 15 is 0 Å². The summed E-state index contributed by atoms with van der Waals surface area (Å²) < 4.78 is 33.6. The third-order valence-electron chi connectivity index (χ3n) is 6.14. The zero-order chi connectivity index (χ0) is 24.3. The van der Waals surface area contributed by atoms with Crippen LogP contribution in [0.2, 0.25) is 0 Å². The van der Waals surface area contributed by atoms with Crippen molar-refractivity contribution in [2.24, 2.45) is 0 Å². The van der Waals surface area contributed by atoms with Crippen molar-refractivity contribution >= 4 is 43.5 Å². The number of hydrogen-bond acceptors (Lipinski definition) is 6. The summed E-state index contributed by atoms with van der Waals surface area (Å²) in [6.07, 6.45) is -0.190. The van der Waals surface area contributed by atoms with E-state index in [2.05, 4.69) is 26.1 Å². The molecule has 0 unspecified atom stereocenters. The summed E-state index contributed by atoms with van der Waals surface area (Å²) in [6.45, 7) is 2.62. The van der Waals surface area contributed by atoms with E-state index in [1.54, 1.807) is 24.1 Å². The van der Waals surface area contributed by atoms with Gasteiger partial charge >= 0.3 is 0 Å². The lowest BCUT2D eigenvalue weighted by Gasteiger charge is -2.38. The maximum atomic E-state index is 13.2. The molecule has 1 N–H and O–H groups in total. The standard InChI is InChI=1S/C23H27BrN4O5S/c1-33-19-6-4-18(5-7-19)26-12-14-27(15-13-26)22(29)16-21-23(30)25-10-11-28(21)34(31,32)20-8-2-17(24)3-9-20/h2-9,21H,10-16H2,1H3,(H,25,30)/t21-/m0/s1. The predicted octanol–water partition coefficient (Wildman–Crippen LogP) is 1.69. The van der Waals surface area contributed by atoms with Gasteiger partial charge in [-0.15, -0.1) is 0 Å². The van der Waals surface area contributed by atoms with E-state index in [1.165, 1.54) is 12.1 Å². The first kappa shape index (κ1) is 24.5. The van der Waals surface area contributed by atoms with Gasteiger partial charge in [0.2, 0.25) is 21.8 Å². The molecule has 2 fully saturated rings. The SMILES string of the molecule is COc1ccc(N2CCN(C(=O)C[C@H]3C(=O)NCCN3S(=O)(=O)c3ccc(Br)cc3)CC2)cc1. The van der Waals surface area contributed by atoms with Crippen LogP contribution in [0.25, 0.3) is 0 Å². The molecule has 0 bridgehead atoms. The van der Waals surface area contributed by atoms with E-state index in [9.17, 15) is 18.0 Å². The summed E-state index contributed by atoms with van der Waals surface area (Å²) in [5.74, 6) is 0.107. The molecule has 0 aliphatic carbocycles. The van der Waals surface area contributed by atoms with Crippen molar-refractivity contribution in [2.45, 2.75) is 17.4 Å². The van der Waals surface area contributed by atoms with Crippen LogP contribution in [0.4, 0.5) is 5.69 Å². The lowest BCUT2D eigenvalue weighted by Crippen LogP contribution is -2.59. The number of nitrogens with zero attached hydrogens (tertiary/aromatic N) is 3. The number of ether oxygens (including phenoxy) is 1. The maximum absolute atomic E-state index is 13.2. The van der Waals surface area contributed by atoms with E-state index in [1.807, 2.05) is 24.3 Å². The molecule has 2 aromatic rings. The van der Waals surface area contributed by atoms with Crippen LogP contribution in [0.1, 0.15) is 6.42 Å². The lowest BCUT2D eigenvalue weighted by atomic mass is 10.1. The highest BCUT2D eigenvalue weighted by atomic mass is 79.9. The Balaban J connectivity index is 1.42. The smallest absolute Gasteiger partial charge is 0.243 e. The molecule has 11 heteroatoms. The molecule has 2 saturated heterocycles. The molecule has 0 radical (unpaired) electrons. The van der Waals surface area contributed by atoms with Crippen LogP contribution in [0.3, 0.4) is 0 Å². The van der Waals surface area contributed by atoms with E-state index < -0.39 is 22.0 Å². The molecule has 9 nitrogen and oxygen atoms in total. The quantitative estimate of drug-likeness (QED) is 0.587. The van der Waals surface area contributed by atoms with Crippen molar-refractivity contribution in [1.82, 2.24) is 14.5 Å². The molecule has 2 aliphatic heterocycles. The molecule has 34 heavy (non-hydrogen) atoms. The van der Waals surface area contributed by atoms with Crippen molar-refractivity contribution in [3.05, 3.63) is 53.0 Å². The molecule has 0 saturated carbocycles. The van der Waals surface area contributed by atoms with Crippen LogP contribution in [-0.2, 0) is 19.6 Å². The Hall–Kier alpha value is -2.63. The maximum Gasteiger partial charge on any atom is 0.243 e. The number of piperazine rings is 2. The summed E-state index contributed by atoms with van der Waals surface area (Å²) in [5, 5.41) is 2.70. The molecule has 0 aromatic heterocycles. The van der Waals surface area contributed by atoms with Crippen LogP contribution < -0.4 is 15.0 Å². The molecular weight excluding hydrogens is 524 g/mol. The van der Waals surface area contributed by atoms with Gasteiger partial charge in [-0.2, -0.15) is 4.31 Å². The van der Waals surface area contributed by atoms with Gasteiger partial charge in [-0.25, -0.2) is 8.42 Å². The third-order valence-corrected chi connectivity index (χ3v) is 8.59. The minimum absolute atomic E-state index is 0.0935. The second kappa shape index (κ2) is 10.3. The number of hydrogen-bond donors (Lipinski definition) is 1. The lowest BCUT2D eigenvalue weighted by molar-refractivity contribution is -0.137. The largest absolute Gasteiger partial charge is 0.497 e. The van der Waals surface area contributed by atoms with Gasteiger partial charge in [-0.1, -0.05) is 15.9 Å². The fourth-order valence-corrected chi connectivity index (χ4v) is 6.07. The average Bonchev–Trinajstić information content (AvgIpc) is 2.85. The first-order chi connectivity index (χ1) is 16.3. The normalized spacial score (nSPS) is 19.6. The van der Waals surface area contributed by atoms with Crippen molar-refractivity contribution in [3.8, 4) is 5.75 Å². The highest BCUT2D eigenvalue weighted by Crippen LogP contribution is 2.25. The van der Waals surface area contributed by atoms with Gasteiger partial charge in [0.15, 0.2) is 0 Å². The summed E-state index contributed by atoms with van der Waals surface area (Å²) >= 11 is 3.30. The fraction of sp³-hybridized carbons (Fsp3) is 0.391. The second-order valence-electron chi connectivity index (χ2n) is 8.15. The van der Waals surface area contributed by atoms with E-state index in [0.29, 0.717) is 26.2 Å². The van der Waals surface area contributed by atoms with E-state index in [-0.39, 0.29) is 30.3 Å². The van der Waals surface area contributed by atoms with Crippen molar-refractivity contribution in [2.75, 3.05) is 51.3 Å². The molecule has 4 rings (SSSR count). The average molecular weight is 551 g/mol. The predicted molar refractivity (Wildman–Crippen MR) is 131 cm³/mol. The Kier molecular flexibility index (Phi) is 7.44. The molecule has 2 aliphatic rings. The number of benzene rings is 2. The van der Waals surface area contributed by atoms with Gasteiger partial charge < -0.3 is 19.9 Å². The molecular formula is C23H27BrN4O5S. The summed E-state index contributed by atoms with van der Waals surface area (Å²) in [6, 6.07) is 12.9. The number of carbonyl (C=O) groups is 2. The molecule has 182 valence electrons. The molecule has 2 aromatic carbocycles. The van der Waals surface area contributed by atoms with Gasteiger partial charge in [0, 0.05) is 49.4 Å². The number of rotatable bonds is 6. The summed E-state index contributed by atoms with van der Waals surface area (Å²) in [7, 11) is -2.30. The van der Waals surface area contributed by atoms with Gasteiger partial charge in [0.05, 0.1) is 18.4 Å². The fourth-order valence-electron chi connectivity index (χ4n) is 4.22. The minimum Gasteiger partial charge on any atom is -0.497 e. The van der Waals surface area contributed by atoms with Crippen LogP contribution in [0.15, 0.2) is 57.9 Å². The van der Waals surface area contributed by atoms with Gasteiger partial charge in [0.25, 0.3) is 0 Å². The van der Waals surface area contributed by atoms with E-state index in [0.717, 1.165) is 20.2 Å². The first-order valence-corrected chi connectivity index (χ1v) is 13.2.